The summed E-state index contributed by atoms with van der Waals surface area (Å²) in [6.07, 6.45) is 3.03. The lowest BCUT2D eigenvalue weighted by molar-refractivity contribution is -0.0621. The molecule has 1 atom stereocenters. The zero-order chi connectivity index (χ0) is 18.6. The first-order chi connectivity index (χ1) is 12.5. The van der Waals surface area contributed by atoms with E-state index in [9.17, 15) is 9.90 Å². The van der Waals surface area contributed by atoms with Crippen molar-refractivity contribution in [1.82, 2.24) is 14.9 Å². The van der Waals surface area contributed by atoms with E-state index in [1.54, 1.807) is 18.0 Å². The van der Waals surface area contributed by atoms with Gasteiger partial charge in [-0.15, -0.1) is 0 Å². The Morgan fingerprint density at radius 2 is 2.15 bits per heavy atom. The molecule has 0 bridgehead atoms. The largest absolute Gasteiger partial charge is 0.490 e. The van der Waals surface area contributed by atoms with E-state index in [0.29, 0.717) is 24.6 Å². The number of amides is 1. The number of carbonyl (C=O) groups is 1. The highest BCUT2D eigenvalue weighted by atomic mass is 16.5. The minimum absolute atomic E-state index is 0.0275. The van der Waals surface area contributed by atoms with Crippen LogP contribution in [-0.4, -0.2) is 64.4 Å². The number of carbonyl (C=O) groups excluding carboxylic acids is 1. The second-order valence-corrected chi connectivity index (χ2v) is 6.60. The summed E-state index contributed by atoms with van der Waals surface area (Å²) in [6, 6.07) is 7.59. The highest BCUT2D eigenvalue weighted by molar-refractivity contribution is 5.93. The van der Waals surface area contributed by atoms with Gasteiger partial charge in [-0.3, -0.25) is 9.78 Å². The number of ether oxygens (including phenoxy) is 2. The number of rotatable bonds is 4. The summed E-state index contributed by atoms with van der Waals surface area (Å²) in [5.41, 5.74) is 0.617. The van der Waals surface area contributed by atoms with Crippen molar-refractivity contribution in [2.24, 2.45) is 0 Å². The first-order valence-corrected chi connectivity index (χ1v) is 8.53. The quantitative estimate of drug-likeness (QED) is 0.890. The molecule has 0 radical (unpaired) electrons. The molecule has 138 valence electrons. The molecule has 7 nitrogen and oxygen atoms in total. The standard InChI is InChI=1S/C19H23N3O4/c1-14-4-3-5-16(10-14)26-13-19(24)11-22(8-9-25-12-19)18(23)17-15(2)20-6-7-21-17/h3-7,10,24H,8-9,11-13H2,1-2H3/t19-/m1/s1. The molecule has 0 saturated carbocycles. The first kappa shape index (κ1) is 18.3. The lowest BCUT2D eigenvalue weighted by atomic mass is 10.1. The van der Waals surface area contributed by atoms with Crippen molar-refractivity contribution in [1.29, 1.82) is 0 Å². The van der Waals surface area contributed by atoms with Gasteiger partial charge in [-0.25, -0.2) is 4.98 Å². The van der Waals surface area contributed by atoms with Crippen molar-refractivity contribution in [3.8, 4) is 5.75 Å². The maximum atomic E-state index is 12.8. The molecule has 1 amide bonds. The molecular weight excluding hydrogens is 334 g/mol. The average molecular weight is 357 g/mol. The van der Waals surface area contributed by atoms with Crippen LogP contribution in [0.1, 0.15) is 21.7 Å². The van der Waals surface area contributed by atoms with Crippen molar-refractivity contribution >= 4 is 5.91 Å². The maximum absolute atomic E-state index is 12.8. The summed E-state index contributed by atoms with van der Waals surface area (Å²) in [6.45, 7) is 4.66. The Morgan fingerprint density at radius 1 is 1.35 bits per heavy atom. The minimum Gasteiger partial charge on any atom is -0.490 e. The van der Waals surface area contributed by atoms with Gasteiger partial charge in [0.1, 0.15) is 23.7 Å². The monoisotopic (exact) mass is 357 g/mol. The zero-order valence-electron chi connectivity index (χ0n) is 15.0. The van der Waals surface area contributed by atoms with Gasteiger partial charge in [-0.05, 0) is 31.5 Å². The molecule has 1 saturated heterocycles. The molecule has 1 fully saturated rings. The van der Waals surface area contributed by atoms with Gasteiger partial charge in [0.2, 0.25) is 0 Å². The minimum atomic E-state index is -1.30. The summed E-state index contributed by atoms with van der Waals surface area (Å²) in [4.78, 5) is 22.6. The molecule has 1 aromatic carbocycles. The van der Waals surface area contributed by atoms with Crippen molar-refractivity contribution < 1.29 is 19.4 Å². The Morgan fingerprint density at radius 3 is 2.92 bits per heavy atom. The van der Waals surface area contributed by atoms with Crippen LogP contribution < -0.4 is 4.74 Å². The predicted octanol–water partition coefficient (Wildman–Crippen LogP) is 1.38. The van der Waals surface area contributed by atoms with Gasteiger partial charge in [0.25, 0.3) is 5.91 Å². The van der Waals surface area contributed by atoms with Crippen LogP contribution in [0.25, 0.3) is 0 Å². The number of aryl methyl sites for hydroxylation is 2. The smallest absolute Gasteiger partial charge is 0.274 e. The van der Waals surface area contributed by atoms with Crippen LogP contribution in [0.2, 0.25) is 0 Å². The summed E-state index contributed by atoms with van der Waals surface area (Å²) >= 11 is 0. The third-order valence-corrected chi connectivity index (χ3v) is 4.23. The number of hydrogen-bond donors (Lipinski definition) is 1. The van der Waals surface area contributed by atoms with Gasteiger partial charge in [0.15, 0.2) is 0 Å². The van der Waals surface area contributed by atoms with E-state index in [0.717, 1.165) is 5.56 Å². The number of aromatic nitrogens is 2. The Balaban J connectivity index is 1.71. The number of aliphatic hydroxyl groups is 1. The lowest BCUT2D eigenvalue weighted by Crippen LogP contribution is -2.50. The van der Waals surface area contributed by atoms with E-state index in [2.05, 4.69) is 9.97 Å². The zero-order valence-corrected chi connectivity index (χ0v) is 15.0. The predicted molar refractivity (Wildman–Crippen MR) is 95.1 cm³/mol. The van der Waals surface area contributed by atoms with Crippen molar-refractivity contribution in [3.05, 3.63) is 53.6 Å². The van der Waals surface area contributed by atoms with Crippen molar-refractivity contribution in [2.45, 2.75) is 19.4 Å². The molecule has 3 rings (SSSR count). The fourth-order valence-electron chi connectivity index (χ4n) is 2.87. The highest BCUT2D eigenvalue weighted by Crippen LogP contribution is 2.19. The first-order valence-electron chi connectivity index (χ1n) is 8.53. The SMILES string of the molecule is Cc1cccc(OC[C@]2(O)COCCN(C(=O)c3nccnc3C)C2)c1. The normalized spacial score (nSPS) is 20.5. The Kier molecular flexibility index (Phi) is 5.49. The molecule has 0 unspecified atom stereocenters. The summed E-state index contributed by atoms with van der Waals surface area (Å²) in [5.74, 6) is 0.403. The number of hydrogen-bond acceptors (Lipinski definition) is 6. The summed E-state index contributed by atoms with van der Waals surface area (Å²) in [7, 11) is 0. The molecule has 1 N–H and O–H groups in total. The van der Waals surface area contributed by atoms with E-state index in [1.165, 1.54) is 6.20 Å². The average Bonchev–Trinajstić information content (AvgIpc) is 2.82. The molecule has 26 heavy (non-hydrogen) atoms. The van der Waals surface area contributed by atoms with E-state index < -0.39 is 5.60 Å². The van der Waals surface area contributed by atoms with Crippen molar-refractivity contribution in [2.75, 3.05) is 32.9 Å². The van der Waals surface area contributed by atoms with Crippen LogP contribution >= 0.6 is 0 Å². The van der Waals surface area contributed by atoms with Crippen molar-refractivity contribution in [3.63, 3.8) is 0 Å². The van der Waals surface area contributed by atoms with Crippen LogP contribution in [0.4, 0.5) is 0 Å². The molecule has 7 heteroatoms. The van der Waals surface area contributed by atoms with Gasteiger partial charge in [-0.1, -0.05) is 12.1 Å². The maximum Gasteiger partial charge on any atom is 0.274 e. The molecule has 1 aliphatic rings. The third kappa shape index (κ3) is 4.36. The fraction of sp³-hybridized carbons (Fsp3) is 0.421. The highest BCUT2D eigenvalue weighted by Gasteiger charge is 2.36. The molecule has 2 heterocycles. The van der Waals surface area contributed by atoms with Gasteiger partial charge in [-0.2, -0.15) is 0 Å². The third-order valence-electron chi connectivity index (χ3n) is 4.23. The van der Waals surface area contributed by atoms with Crippen LogP contribution in [-0.2, 0) is 4.74 Å². The van der Waals surface area contributed by atoms with Crippen LogP contribution in [0, 0.1) is 13.8 Å². The Labute approximate surface area is 152 Å². The fourth-order valence-corrected chi connectivity index (χ4v) is 2.87. The molecule has 2 aromatic rings. The van der Waals surface area contributed by atoms with E-state index in [1.807, 2.05) is 31.2 Å². The van der Waals surface area contributed by atoms with Crippen LogP contribution in [0.3, 0.4) is 0 Å². The molecular formula is C19H23N3O4. The van der Waals surface area contributed by atoms with E-state index in [-0.39, 0.29) is 31.4 Å². The Bertz CT molecular complexity index is 783. The topological polar surface area (TPSA) is 84.8 Å². The molecule has 0 aliphatic carbocycles. The van der Waals surface area contributed by atoms with Gasteiger partial charge < -0.3 is 19.5 Å². The van der Waals surface area contributed by atoms with Gasteiger partial charge in [0, 0.05) is 18.9 Å². The molecule has 1 aromatic heterocycles. The van der Waals surface area contributed by atoms with E-state index >= 15 is 0 Å². The van der Waals surface area contributed by atoms with Crippen LogP contribution in [0.5, 0.6) is 5.75 Å². The Hall–Kier alpha value is -2.51. The van der Waals surface area contributed by atoms with E-state index in [4.69, 9.17) is 9.47 Å². The van der Waals surface area contributed by atoms with Gasteiger partial charge >= 0.3 is 0 Å². The number of nitrogens with zero attached hydrogens (tertiary/aromatic N) is 3. The lowest BCUT2D eigenvalue weighted by Gasteiger charge is -2.30. The number of benzene rings is 1. The number of β-amino-alcohol motifs (C(OH)–C–C–N with tert-alkyl or cyclic N) is 1. The second-order valence-electron chi connectivity index (χ2n) is 6.60. The van der Waals surface area contributed by atoms with Crippen LogP contribution in [0.15, 0.2) is 36.7 Å². The van der Waals surface area contributed by atoms with Gasteiger partial charge in [0.05, 0.1) is 25.5 Å². The summed E-state index contributed by atoms with van der Waals surface area (Å²) < 4.78 is 11.3. The molecule has 1 aliphatic heterocycles. The second kappa shape index (κ2) is 7.80. The summed E-state index contributed by atoms with van der Waals surface area (Å²) in [5, 5.41) is 10.9. The molecule has 0 spiro atoms.